The van der Waals surface area contributed by atoms with Crippen molar-refractivity contribution in [1.82, 2.24) is 25.6 Å². The molecule has 148 valence electrons. The third kappa shape index (κ3) is 5.10. The van der Waals surface area contributed by atoms with E-state index in [0.717, 1.165) is 11.3 Å². The average Bonchev–Trinajstić information content (AvgIpc) is 2.68. The molecule has 1 fully saturated rings. The van der Waals surface area contributed by atoms with Gasteiger partial charge < -0.3 is 15.7 Å². The van der Waals surface area contributed by atoms with Gasteiger partial charge in [0, 0.05) is 24.5 Å². The smallest absolute Gasteiger partial charge is 0.253 e. The topological polar surface area (TPSA) is 117 Å². The lowest BCUT2D eigenvalue weighted by atomic mass is 9.83. The summed E-state index contributed by atoms with van der Waals surface area (Å²) in [6.07, 6.45) is 7.14. The highest BCUT2D eigenvalue weighted by Crippen LogP contribution is 2.25. The molecule has 0 saturated heterocycles. The van der Waals surface area contributed by atoms with Crippen LogP contribution in [0.1, 0.15) is 46.6 Å². The first-order valence-electron chi connectivity index (χ1n) is 9.38. The monoisotopic (exact) mass is 383 g/mol. The molecule has 0 aliphatic heterocycles. The van der Waals surface area contributed by atoms with E-state index >= 15 is 0 Å². The number of nitrogens with one attached hydrogen (secondary N) is 2. The number of aliphatic hydroxyl groups excluding tert-OH is 1. The second-order valence-electron chi connectivity index (χ2n) is 7.28. The van der Waals surface area contributed by atoms with Crippen molar-refractivity contribution in [3.8, 4) is 0 Å². The van der Waals surface area contributed by atoms with E-state index in [1.165, 1.54) is 6.20 Å². The van der Waals surface area contributed by atoms with Gasteiger partial charge in [-0.15, -0.1) is 0 Å². The molecule has 8 nitrogen and oxygen atoms in total. The number of rotatable bonds is 5. The SMILES string of the molecule is Cc1cncc(C(=O)N[C@H]2CC[C@H](C(=O)NCc3cnc(C)cn3)C[C@@H]2O)c1. The van der Waals surface area contributed by atoms with Crippen LogP contribution in [0, 0.1) is 19.8 Å². The summed E-state index contributed by atoms with van der Waals surface area (Å²) in [4.78, 5) is 37.1. The molecule has 0 unspecified atom stereocenters. The van der Waals surface area contributed by atoms with Gasteiger partial charge in [-0.25, -0.2) is 0 Å². The lowest BCUT2D eigenvalue weighted by Gasteiger charge is -2.33. The molecular weight excluding hydrogens is 358 g/mol. The van der Waals surface area contributed by atoms with E-state index in [4.69, 9.17) is 0 Å². The van der Waals surface area contributed by atoms with Crippen LogP contribution in [0.3, 0.4) is 0 Å². The first-order valence-corrected chi connectivity index (χ1v) is 9.38. The van der Waals surface area contributed by atoms with Gasteiger partial charge in [0.15, 0.2) is 0 Å². The lowest BCUT2D eigenvalue weighted by Crippen LogP contribution is -2.49. The average molecular weight is 383 g/mol. The normalized spacial score (nSPS) is 21.8. The number of amides is 2. The summed E-state index contributed by atoms with van der Waals surface area (Å²) in [5.41, 5.74) is 2.87. The van der Waals surface area contributed by atoms with Crippen LogP contribution in [-0.2, 0) is 11.3 Å². The summed E-state index contributed by atoms with van der Waals surface area (Å²) in [5, 5.41) is 16.1. The number of hydrogen-bond donors (Lipinski definition) is 3. The molecule has 2 aromatic rings. The molecule has 2 amide bonds. The molecule has 1 aliphatic rings. The molecule has 1 aliphatic carbocycles. The minimum atomic E-state index is -0.773. The Morgan fingerprint density at radius 1 is 1.14 bits per heavy atom. The number of aliphatic hydroxyl groups is 1. The summed E-state index contributed by atoms with van der Waals surface area (Å²) in [6, 6.07) is 1.38. The first kappa shape index (κ1) is 19.9. The fraction of sp³-hybridized carbons (Fsp3) is 0.450. The quantitative estimate of drug-likeness (QED) is 0.711. The Kier molecular flexibility index (Phi) is 6.30. The van der Waals surface area contributed by atoms with Crippen molar-refractivity contribution >= 4 is 11.8 Å². The third-order valence-corrected chi connectivity index (χ3v) is 4.92. The van der Waals surface area contributed by atoms with Crippen LogP contribution in [0.2, 0.25) is 0 Å². The number of carbonyl (C=O) groups excluding carboxylic acids is 2. The van der Waals surface area contributed by atoms with Gasteiger partial charge >= 0.3 is 0 Å². The largest absolute Gasteiger partial charge is 0.391 e. The number of pyridine rings is 1. The molecule has 0 radical (unpaired) electrons. The van der Waals surface area contributed by atoms with E-state index in [2.05, 4.69) is 25.6 Å². The lowest BCUT2D eigenvalue weighted by molar-refractivity contribution is -0.127. The van der Waals surface area contributed by atoms with Crippen LogP contribution in [0.25, 0.3) is 0 Å². The molecular formula is C20H25N5O3. The van der Waals surface area contributed by atoms with Gasteiger partial charge in [-0.3, -0.25) is 24.5 Å². The standard InChI is InChI=1S/C20H25N5O3/c1-12-5-15(9-21-7-12)20(28)25-17-4-3-14(6-18(17)26)19(27)24-11-16-10-22-13(2)8-23-16/h5,7-10,14,17-18,26H,3-4,6,11H2,1-2H3,(H,24,27)(H,25,28)/t14-,17-,18-/m0/s1. The molecule has 8 heteroatoms. The number of aryl methyl sites for hydroxylation is 2. The minimum absolute atomic E-state index is 0.117. The van der Waals surface area contributed by atoms with Gasteiger partial charge in [0.25, 0.3) is 5.91 Å². The van der Waals surface area contributed by atoms with Gasteiger partial charge in [-0.2, -0.15) is 0 Å². The second-order valence-corrected chi connectivity index (χ2v) is 7.28. The molecule has 2 aromatic heterocycles. The van der Waals surface area contributed by atoms with Crippen molar-refractivity contribution in [3.05, 3.63) is 53.4 Å². The molecule has 0 aromatic carbocycles. The van der Waals surface area contributed by atoms with Crippen LogP contribution in [0.4, 0.5) is 0 Å². The summed E-state index contributed by atoms with van der Waals surface area (Å²) in [5.74, 6) is -0.669. The van der Waals surface area contributed by atoms with Crippen molar-refractivity contribution in [2.45, 2.75) is 51.8 Å². The molecule has 1 saturated carbocycles. The Morgan fingerprint density at radius 3 is 2.64 bits per heavy atom. The highest BCUT2D eigenvalue weighted by atomic mass is 16.3. The van der Waals surface area contributed by atoms with Crippen LogP contribution in [-0.4, -0.2) is 44.0 Å². The Labute approximate surface area is 163 Å². The predicted molar refractivity (Wildman–Crippen MR) is 102 cm³/mol. The second kappa shape index (κ2) is 8.88. The summed E-state index contributed by atoms with van der Waals surface area (Å²) in [6.45, 7) is 4.02. The maximum absolute atomic E-state index is 12.4. The minimum Gasteiger partial charge on any atom is -0.391 e. The number of hydrogen-bond acceptors (Lipinski definition) is 6. The Morgan fingerprint density at radius 2 is 1.96 bits per heavy atom. The molecule has 2 heterocycles. The van der Waals surface area contributed by atoms with Crippen molar-refractivity contribution in [2.24, 2.45) is 5.92 Å². The highest BCUT2D eigenvalue weighted by molar-refractivity contribution is 5.94. The van der Waals surface area contributed by atoms with Crippen LogP contribution in [0.15, 0.2) is 30.9 Å². The first-order chi connectivity index (χ1) is 13.4. The molecule has 3 rings (SSSR count). The fourth-order valence-electron chi connectivity index (χ4n) is 3.32. The maximum Gasteiger partial charge on any atom is 0.253 e. The maximum atomic E-state index is 12.4. The van der Waals surface area contributed by atoms with Gasteiger partial charge in [0.1, 0.15) is 0 Å². The fourth-order valence-corrected chi connectivity index (χ4v) is 3.32. The van der Waals surface area contributed by atoms with Crippen LogP contribution in [0.5, 0.6) is 0 Å². The summed E-state index contributed by atoms with van der Waals surface area (Å²) < 4.78 is 0. The summed E-state index contributed by atoms with van der Waals surface area (Å²) >= 11 is 0. The predicted octanol–water partition coefficient (Wildman–Crippen LogP) is 1.06. The van der Waals surface area contributed by atoms with Gasteiger partial charge in [-0.05, 0) is 44.7 Å². The van der Waals surface area contributed by atoms with E-state index in [1.54, 1.807) is 24.7 Å². The van der Waals surface area contributed by atoms with Crippen molar-refractivity contribution in [3.63, 3.8) is 0 Å². The summed E-state index contributed by atoms with van der Waals surface area (Å²) in [7, 11) is 0. The zero-order valence-corrected chi connectivity index (χ0v) is 16.1. The van der Waals surface area contributed by atoms with Crippen molar-refractivity contribution in [2.75, 3.05) is 0 Å². The van der Waals surface area contributed by atoms with Gasteiger partial charge in [-0.1, -0.05) is 0 Å². The van der Waals surface area contributed by atoms with E-state index in [9.17, 15) is 14.7 Å². The number of aromatic nitrogens is 3. The molecule has 3 N–H and O–H groups in total. The van der Waals surface area contributed by atoms with Crippen molar-refractivity contribution < 1.29 is 14.7 Å². The van der Waals surface area contributed by atoms with Gasteiger partial charge in [0.05, 0.1) is 41.8 Å². The Bertz CT molecular complexity index is 840. The number of nitrogens with zero attached hydrogens (tertiary/aromatic N) is 3. The Balaban J connectivity index is 1.49. The third-order valence-electron chi connectivity index (χ3n) is 4.92. The molecule has 28 heavy (non-hydrogen) atoms. The van der Waals surface area contributed by atoms with Crippen LogP contribution < -0.4 is 10.6 Å². The van der Waals surface area contributed by atoms with Crippen molar-refractivity contribution in [1.29, 1.82) is 0 Å². The van der Waals surface area contributed by atoms with E-state index in [0.29, 0.717) is 37.1 Å². The zero-order valence-electron chi connectivity index (χ0n) is 16.1. The molecule has 0 bridgehead atoms. The van der Waals surface area contributed by atoms with E-state index in [1.807, 2.05) is 13.8 Å². The van der Waals surface area contributed by atoms with E-state index in [-0.39, 0.29) is 23.8 Å². The van der Waals surface area contributed by atoms with E-state index < -0.39 is 6.10 Å². The Hall–Kier alpha value is -2.87. The highest BCUT2D eigenvalue weighted by Gasteiger charge is 2.33. The number of carbonyl (C=O) groups is 2. The van der Waals surface area contributed by atoms with Crippen LogP contribution >= 0.6 is 0 Å². The zero-order chi connectivity index (χ0) is 20.1. The molecule has 0 spiro atoms. The van der Waals surface area contributed by atoms with Gasteiger partial charge in [0.2, 0.25) is 5.91 Å². The molecule has 3 atom stereocenters.